The Balaban J connectivity index is 2.07. The fourth-order valence-corrected chi connectivity index (χ4v) is 2.62. The first kappa shape index (κ1) is 15.0. The molecule has 3 nitrogen and oxygen atoms in total. The molecule has 0 bridgehead atoms. The number of oxime groups is 1. The average Bonchev–Trinajstić information content (AvgIpc) is 2.64. The van der Waals surface area contributed by atoms with Gasteiger partial charge >= 0.3 is 0 Å². The number of benzene rings is 3. The van der Waals surface area contributed by atoms with Crippen molar-refractivity contribution in [1.29, 1.82) is 0 Å². The van der Waals surface area contributed by atoms with Crippen molar-refractivity contribution in [3.05, 3.63) is 96.1 Å². The highest BCUT2D eigenvalue weighted by Crippen LogP contribution is 2.28. The molecule has 0 aliphatic rings. The smallest absolute Gasteiger partial charge is 0.125 e. The second kappa shape index (κ2) is 6.90. The summed E-state index contributed by atoms with van der Waals surface area (Å²) in [5.74, 6) is 0. The van der Waals surface area contributed by atoms with Crippen LogP contribution in [0.3, 0.4) is 0 Å². The van der Waals surface area contributed by atoms with E-state index in [9.17, 15) is 10.3 Å². The van der Waals surface area contributed by atoms with Gasteiger partial charge in [-0.3, -0.25) is 0 Å². The zero-order chi connectivity index (χ0) is 16.1. The minimum Gasteiger partial charge on any atom is -0.411 e. The van der Waals surface area contributed by atoms with Crippen molar-refractivity contribution in [1.82, 2.24) is 0 Å². The highest BCUT2D eigenvalue weighted by Gasteiger charge is 2.20. The SMILES string of the molecule is ON=C(c1ccccc1-c1ccccc1)C(O)c1ccccc1. The average molecular weight is 303 g/mol. The minimum absolute atomic E-state index is 0.232. The van der Waals surface area contributed by atoms with Crippen molar-refractivity contribution in [3.8, 4) is 11.1 Å². The van der Waals surface area contributed by atoms with Crippen LogP contribution in [0, 0.1) is 0 Å². The third-order valence-corrected chi connectivity index (χ3v) is 3.77. The summed E-state index contributed by atoms with van der Waals surface area (Å²) in [4.78, 5) is 0. The predicted molar refractivity (Wildman–Crippen MR) is 91.6 cm³/mol. The molecule has 0 aliphatic heterocycles. The monoisotopic (exact) mass is 303 g/mol. The highest BCUT2D eigenvalue weighted by molar-refractivity contribution is 6.08. The summed E-state index contributed by atoms with van der Waals surface area (Å²) in [5.41, 5.74) is 3.54. The second-order valence-electron chi connectivity index (χ2n) is 5.21. The topological polar surface area (TPSA) is 52.8 Å². The molecule has 0 aliphatic carbocycles. The van der Waals surface area contributed by atoms with Gasteiger partial charge < -0.3 is 10.3 Å². The second-order valence-corrected chi connectivity index (χ2v) is 5.21. The quantitative estimate of drug-likeness (QED) is 0.430. The number of rotatable bonds is 4. The van der Waals surface area contributed by atoms with Gasteiger partial charge in [-0.15, -0.1) is 0 Å². The molecule has 0 aromatic heterocycles. The third kappa shape index (κ3) is 3.15. The molecule has 3 heteroatoms. The zero-order valence-corrected chi connectivity index (χ0v) is 12.5. The van der Waals surface area contributed by atoms with E-state index in [0.29, 0.717) is 11.1 Å². The van der Waals surface area contributed by atoms with Crippen LogP contribution >= 0.6 is 0 Å². The molecular weight excluding hydrogens is 286 g/mol. The van der Waals surface area contributed by atoms with Crippen molar-refractivity contribution in [2.75, 3.05) is 0 Å². The van der Waals surface area contributed by atoms with Gasteiger partial charge in [-0.1, -0.05) is 90.1 Å². The summed E-state index contributed by atoms with van der Waals surface area (Å²) in [6.07, 6.45) is -0.994. The molecule has 0 radical (unpaired) electrons. The molecule has 3 rings (SSSR count). The van der Waals surface area contributed by atoms with E-state index in [1.54, 1.807) is 12.1 Å². The number of hydrogen-bond donors (Lipinski definition) is 2. The number of hydrogen-bond acceptors (Lipinski definition) is 3. The fourth-order valence-electron chi connectivity index (χ4n) is 2.62. The van der Waals surface area contributed by atoms with Crippen molar-refractivity contribution >= 4 is 5.71 Å². The van der Waals surface area contributed by atoms with Crippen molar-refractivity contribution in [2.45, 2.75) is 6.10 Å². The van der Waals surface area contributed by atoms with E-state index in [2.05, 4.69) is 5.16 Å². The molecule has 3 aromatic rings. The molecule has 0 spiro atoms. The number of aliphatic hydroxyl groups is 1. The number of nitrogens with zero attached hydrogens (tertiary/aromatic N) is 1. The van der Waals surface area contributed by atoms with Gasteiger partial charge in [-0.05, 0) is 16.7 Å². The van der Waals surface area contributed by atoms with Crippen LogP contribution in [0.4, 0.5) is 0 Å². The molecule has 0 saturated heterocycles. The number of aliphatic hydroxyl groups excluding tert-OH is 1. The van der Waals surface area contributed by atoms with E-state index in [4.69, 9.17) is 0 Å². The largest absolute Gasteiger partial charge is 0.411 e. The van der Waals surface area contributed by atoms with Crippen LogP contribution in [0.25, 0.3) is 11.1 Å². The molecule has 3 aromatic carbocycles. The molecule has 0 saturated carbocycles. The van der Waals surface area contributed by atoms with Gasteiger partial charge in [0, 0.05) is 5.56 Å². The summed E-state index contributed by atoms with van der Waals surface area (Å²) < 4.78 is 0. The fraction of sp³-hybridized carbons (Fsp3) is 0.0500. The first-order valence-corrected chi connectivity index (χ1v) is 7.41. The molecule has 0 fully saturated rings. The molecule has 23 heavy (non-hydrogen) atoms. The molecule has 114 valence electrons. The van der Waals surface area contributed by atoms with Crippen LogP contribution in [-0.2, 0) is 0 Å². The molecule has 0 heterocycles. The predicted octanol–water partition coefficient (Wildman–Crippen LogP) is 4.27. The molecular formula is C20H17NO2. The Hall–Kier alpha value is -2.91. The first-order valence-electron chi connectivity index (χ1n) is 7.41. The van der Waals surface area contributed by atoms with Gasteiger partial charge in [0.25, 0.3) is 0 Å². The van der Waals surface area contributed by atoms with Crippen LogP contribution in [0.1, 0.15) is 17.2 Å². The van der Waals surface area contributed by atoms with E-state index in [1.165, 1.54) is 0 Å². The van der Waals surface area contributed by atoms with Crippen LogP contribution in [0.2, 0.25) is 0 Å². The van der Waals surface area contributed by atoms with Gasteiger partial charge in [-0.2, -0.15) is 0 Å². The molecule has 1 unspecified atom stereocenters. The van der Waals surface area contributed by atoms with E-state index >= 15 is 0 Å². The van der Waals surface area contributed by atoms with Crippen LogP contribution < -0.4 is 0 Å². The van der Waals surface area contributed by atoms with Gasteiger partial charge in [0.1, 0.15) is 11.8 Å². The van der Waals surface area contributed by atoms with Gasteiger partial charge in [-0.25, -0.2) is 0 Å². The summed E-state index contributed by atoms with van der Waals surface area (Å²) >= 11 is 0. The Bertz CT molecular complexity index is 798. The highest BCUT2D eigenvalue weighted by atomic mass is 16.4. The minimum atomic E-state index is -0.994. The van der Waals surface area contributed by atoms with Gasteiger partial charge in [0.15, 0.2) is 0 Å². The maximum Gasteiger partial charge on any atom is 0.125 e. The van der Waals surface area contributed by atoms with Crippen LogP contribution in [-0.4, -0.2) is 16.0 Å². The Kier molecular flexibility index (Phi) is 4.50. The first-order chi connectivity index (χ1) is 11.3. The lowest BCUT2D eigenvalue weighted by Gasteiger charge is -2.16. The third-order valence-electron chi connectivity index (χ3n) is 3.77. The van der Waals surface area contributed by atoms with E-state index in [1.807, 2.05) is 72.8 Å². The Morgan fingerprint density at radius 3 is 1.96 bits per heavy atom. The molecule has 0 amide bonds. The summed E-state index contributed by atoms with van der Waals surface area (Å²) in [6, 6.07) is 26.6. The Labute approximate surface area is 135 Å². The standard InChI is InChI=1S/C20H17NO2/c22-20(16-11-5-2-6-12-16)19(21-23)18-14-8-7-13-17(18)15-9-3-1-4-10-15/h1-14,20,22-23H. The van der Waals surface area contributed by atoms with Gasteiger partial charge in [0.2, 0.25) is 0 Å². The summed E-state index contributed by atoms with van der Waals surface area (Å²) in [6.45, 7) is 0. The maximum absolute atomic E-state index is 10.6. The lowest BCUT2D eigenvalue weighted by molar-refractivity contribution is 0.235. The lowest BCUT2D eigenvalue weighted by atomic mass is 9.92. The zero-order valence-electron chi connectivity index (χ0n) is 12.5. The summed E-state index contributed by atoms with van der Waals surface area (Å²) in [7, 11) is 0. The van der Waals surface area contributed by atoms with Crippen LogP contribution in [0.5, 0.6) is 0 Å². The van der Waals surface area contributed by atoms with Gasteiger partial charge in [0.05, 0.1) is 0 Å². The van der Waals surface area contributed by atoms with Crippen LogP contribution in [0.15, 0.2) is 90.1 Å². The molecule has 2 N–H and O–H groups in total. The van der Waals surface area contributed by atoms with E-state index < -0.39 is 6.10 Å². The van der Waals surface area contributed by atoms with Crippen molar-refractivity contribution < 1.29 is 10.3 Å². The normalized spacial score (nSPS) is 12.8. The summed E-state index contributed by atoms with van der Waals surface area (Å²) in [5, 5.41) is 23.5. The van der Waals surface area contributed by atoms with Crippen molar-refractivity contribution in [2.24, 2.45) is 5.16 Å². The van der Waals surface area contributed by atoms with E-state index in [-0.39, 0.29) is 5.71 Å². The van der Waals surface area contributed by atoms with E-state index in [0.717, 1.165) is 11.1 Å². The molecule has 1 atom stereocenters. The lowest BCUT2D eigenvalue weighted by Crippen LogP contribution is -2.14. The Morgan fingerprint density at radius 1 is 0.739 bits per heavy atom. The Morgan fingerprint density at radius 2 is 1.30 bits per heavy atom. The maximum atomic E-state index is 10.6. The van der Waals surface area contributed by atoms with Crippen molar-refractivity contribution in [3.63, 3.8) is 0 Å².